The van der Waals surface area contributed by atoms with Gasteiger partial charge in [-0.2, -0.15) is 0 Å². The number of nitrogens with zero attached hydrogens (tertiary/aromatic N) is 4. The molecule has 9 heteroatoms. The molecule has 0 aliphatic carbocycles. The van der Waals surface area contributed by atoms with Crippen LogP contribution in [-0.2, 0) is 41.2 Å². The summed E-state index contributed by atoms with van der Waals surface area (Å²) < 4.78 is 3.48. The third kappa shape index (κ3) is 4.14. The van der Waals surface area contributed by atoms with Crippen LogP contribution in [0.5, 0.6) is 0 Å². The van der Waals surface area contributed by atoms with Gasteiger partial charge >= 0.3 is 227 Å². The van der Waals surface area contributed by atoms with E-state index in [1.54, 1.807) is 30.8 Å². The first-order valence-corrected chi connectivity index (χ1v) is 17.9. The molecule has 0 radical (unpaired) electrons. The molecule has 3 aromatic carbocycles. The van der Waals surface area contributed by atoms with E-state index >= 15 is 0 Å². The number of aromatic nitrogens is 2. The number of anilines is 2. The second-order valence-electron chi connectivity index (χ2n) is 8.62. The normalized spacial score (nSPS) is 15.8. The van der Waals surface area contributed by atoms with E-state index in [0.29, 0.717) is 17.1 Å². The fourth-order valence-corrected chi connectivity index (χ4v) is 11.7. The molecule has 0 bridgehead atoms. The molecular weight excluding hydrogens is 661 g/mol. The van der Waals surface area contributed by atoms with Gasteiger partial charge in [0.05, 0.1) is 0 Å². The van der Waals surface area contributed by atoms with Crippen molar-refractivity contribution in [1.29, 1.82) is 0 Å². The Morgan fingerprint density at radius 3 is 1.81 bits per heavy atom. The number of para-hydroxylation sites is 2. The van der Waals surface area contributed by atoms with Crippen molar-refractivity contribution in [3.63, 3.8) is 0 Å². The standard InChI is InChI=1S/C21H17N4O3S.C6H5.Hg/c1-14-19(20(28)25(22(14)2)16-11-7-4-8-12-16)24-18(27)13-17(26)23(21(24)29)15-9-5-3-6-10-15;1-2-4-6-5-3-1;/h3-13H,1-2H3;1-5H;. The van der Waals surface area contributed by atoms with Crippen molar-refractivity contribution in [3.05, 3.63) is 107 Å². The molecule has 5 rings (SSSR count). The number of carbonyl (C=O) groups excluding carboxylic acids is 2. The van der Waals surface area contributed by atoms with Crippen molar-refractivity contribution in [2.24, 2.45) is 7.05 Å². The SMILES string of the molecule is Cc1c(N2C(=O)[CH]([Hg][c]3ccccc3)C(=O)N(c3ccccc3)C2=S)c(=O)n(-c2ccccc2)n1C. The molecule has 4 aromatic rings. The van der Waals surface area contributed by atoms with Crippen LogP contribution in [0.25, 0.3) is 5.69 Å². The third-order valence-electron chi connectivity index (χ3n) is 6.46. The Kier molecular flexibility index (Phi) is 6.72. The number of thiocarbonyl (C=S) groups is 1. The van der Waals surface area contributed by atoms with Gasteiger partial charge in [-0.1, -0.05) is 0 Å². The van der Waals surface area contributed by atoms with E-state index in [-0.39, 0.29) is 22.3 Å². The van der Waals surface area contributed by atoms with Gasteiger partial charge in [0.1, 0.15) is 0 Å². The van der Waals surface area contributed by atoms with Crippen LogP contribution in [0.3, 0.4) is 0 Å². The van der Waals surface area contributed by atoms with E-state index in [1.165, 1.54) is 14.5 Å². The summed E-state index contributed by atoms with van der Waals surface area (Å²) in [6.45, 7) is 1.78. The number of hydrogen-bond acceptors (Lipinski definition) is 4. The molecule has 1 fully saturated rings. The van der Waals surface area contributed by atoms with Crippen LogP contribution in [0.15, 0.2) is 95.8 Å². The van der Waals surface area contributed by atoms with Gasteiger partial charge in [-0.25, -0.2) is 0 Å². The molecule has 7 nitrogen and oxygen atoms in total. The van der Waals surface area contributed by atoms with E-state index in [2.05, 4.69) is 0 Å². The second kappa shape index (κ2) is 9.95. The first-order chi connectivity index (χ1) is 17.4. The molecule has 0 spiro atoms. The molecule has 1 unspecified atom stereocenters. The van der Waals surface area contributed by atoms with Gasteiger partial charge in [0.15, 0.2) is 0 Å². The van der Waals surface area contributed by atoms with E-state index < -0.39 is 33.9 Å². The minimum absolute atomic E-state index is 0.0000710. The van der Waals surface area contributed by atoms with Gasteiger partial charge in [-0.15, -0.1) is 0 Å². The van der Waals surface area contributed by atoms with Gasteiger partial charge in [-0.05, 0) is 0 Å². The van der Waals surface area contributed by atoms with Crippen LogP contribution in [0.4, 0.5) is 11.4 Å². The van der Waals surface area contributed by atoms with Crippen molar-refractivity contribution in [2.75, 3.05) is 9.80 Å². The fraction of sp³-hybridized carbons (Fsp3) is 0.111. The Morgan fingerprint density at radius 1 is 0.722 bits per heavy atom. The summed E-state index contributed by atoms with van der Waals surface area (Å²) in [5.41, 5.74) is 1.64. The predicted molar refractivity (Wildman–Crippen MR) is 140 cm³/mol. The zero-order valence-corrected chi connectivity index (χ0v) is 26.2. The Morgan fingerprint density at radius 2 is 1.22 bits per heavy atom. The Labute approximate surface area is 226 Å². The quantitative estimate of drug-likeness (QED) is 0.184. The van der Waals surface area contributed by atoms with Gasteiger partial charge in [0.25, 0.3) is 0 Å². The summed E-state index contributed by atoms with van der Waals surface area (Å²) in [5, 5.41) is -0.0000710. The predicted octanol–water partition coefficient (Wildman–Crippen LogP) is 3.35. The molecule has 176 valence electrons. The molecular formula is C27H22HgN4O3S. The number of rotatable bonds is 5. The van der Waals surface area contributed by atoms with Crippen LogP contribution in [0, 0.1) is 6.92 Å². The number of amides is 2. The van der Waals surface area contributed by atoms with Crippen LogP contribution < -0.4 is 18.4 Å². The van der Waals surface area contributed by atoms with Gasteiger partial charge < -0.3 is 0 Å². The van der Waals surface area contributed by atoms with Gasteiger partial charge in [0.2, 0.25) is 0 Å². The Hall–Kier alpha value is -3.36. The maximum atomic E-state index is 14.0. The Bertz CT molecular complexity index is 1520. The summed E-state index contributed by atoms with van der Waals surface area (Å²) in [6, 6.07) is 28.0. The van der Waals surface area contributed by atoms with Crippen molar-refractivity contribution in [3.8, 4) is 5.69 Å². The van der Waals surface area contributed by atoms with Crippen molar-refractivity contribution >= 4 is 43.6 Å². The summed E-state index contributed by atoms with van der Waals surface area (Å²) in [5.74, 6) is -0.719. The number of benzene rings is 3. The van der Waals surface area contributed by atoms with Crippen LogP contribution in [-0.4, -0.2) is 26.3 Å². The number of hydrogen-bond donors (Lipinski definition) is 0. The van der Waals surface area contributed by atoms with Gasteiger partial charge in [0, 0.05) is 0 Å². The maximum absolute atomic E-state index is 14.0. The molecule has 0 saturated carbocycles. The third-order valence-corrected chi connectivity index (χ3v) is 14.8. The van der Waals surface area contributed by atoms with E-state index in [0.717, 1.165) is 3.07 Å². The molecule has 1 saturated heterocycles. The average molecular weight is 683 g/mol. The molecule has 0 N–H and O–H groups in total. The first kappa shape index (κ1) is 24.3. The molecule has 1 aromatic heterocycles. The number of carbonyl (C=O) groups is 2. The van der Waals surface area contributed by atoms with E-state index in [4.69, 9.17) is 12.2 Å². The van der Waals surface area contributed by atoms with Crippen molar-refractivity contribution in [2.45, 2.75) is 10.4 Å². The van der Waals surface area contributed by atoms with Crippen LogP contribution >= 0.6 is 12.2 Å². The fourth-order valence-electron chi connectivity index (χ4n) is 4.56. The summed E-state index contributed by atoms with van der Waals surface area (Å²) in [4.78, 5) is 44.2. The summed E-state index contributed by atoms with van der Waals surface area (Å²) >= 11 is 3.42. The van der Waals surface area contributed by atoms with Crippen molar-refractivity contribution < 1.29 is 34.2 Å². The van der Waals surface area contributed by atoms with Crippen LogP contribution in [0.1, 0.15) is 5.69 Å². The zero-order valence-electron chi connectivity index (χ0n) is 19.9. The molecule has 1 aliphatic rings. The first-order valence-electron chi connectivity index (χ1n) is 11.5. The van der Waals surface area contributed by atoms with Gasteiger partial charge in [-0.3, -0.25) is 0 Å². The molecule has 1 aliphatic heterocycles. The minimum atomic E-state index is -2.33. The molecule has 2 heterocycles. The topological polar surface area (TPSA) is 67.6 Å². The summed E-state index contributed by atoms with van der Waals surface area (Å²) in [7, 11) is 1.77. The second-order valence-corrected chi connectivity index (χ2v) is 16.9. The molecule has 36 heavy (non-hydrogen) atoms. The Balaban J connectivity index is 1.67. The molecule has 2 amide bonds. The monoisotopic (exact) mass is 684 g/mol. The van der Waals surface area contributed by atoms with Crippen LogP contribution in [0.2, 0.25) is 3.43 Å². The summed E-state index contributed by atoms with van der Waals surface area (Å²) in [6.07, 6.45) is 0. The molecule has 1 atom stereocenters. The zero-order chi connectivity index (χ0) is 25.4. The van der Waals surface area contributed by atoms with E-state index in [9.17, 15) is 14.4 Å². The van der Waals surface area contributed by atoms with Crippen molar-refractivity contribution in [1.82, 2.24) is 9.36 Å². The average Bonchev–Trinajstić information content (AvgIpc) is 3.12. The van der Waals surface area contributed by atoms with E-state index in [1.807, 2.05) is 78.9 Å².